The average Bonchev–Trinajstić information content (AvgIpc) is 3.14. The molecule has 1 amide bonds. The number of aromatic amines is 1. The highest BCUT2D eigenvalue weighted by molar-refractivity contribution is 5.90. The van der Waals surface area contributed by atoms with Crippen LogP contribution in [-0.2, 0) is 11.2 Å². The fourth-order valence-electron chi connectivity index (χ4n) is 3.12. The number of aliphatic hydroxyl groups is 1. The van der Waals surface area contributed by atoms with Crippen molar-refractivity contribution in [1.29, 1.82) is 0 Å². The molecule has 2 atom stereocenters. The van der Waals surface area contributed by atoms with Crippen molar-refractivity contribution < 1.29 is 14.6 Å². The predicted octanol–water partition coefficient (Wildman–Crippen LogP) is 2.82. The van der Waals surface area contributed by atoms with Gasteiger partial charge in [-0.3, -0.25) is 10.1 Å². The van der Waals surface area contributed by atoms with Gasteiger partial charge in [0, 0.05) is 53.6 Å². The molecule has 0 aliphatic carbocycles. The molecule has 4 N–H and O–H groups in total. The topological polar surface area (TPSA) is 112 Å². The number of aromatic nitrogens is 3. The summed E-state index contributed by atoms with van der Waals surface area (Å²) >= 11 is 0. The number of methoxy groups -OCH3 is 1. The lowest BCUT2D eigenvalue weighted by Crippen LogP contribution is -2.32. The number of amides is 1. The fraction of sp³-hybridized carbons (Fsp3) is 0.409. The highest BCUT2D eigenvalue weighted by Gasteiger charge is 2.14. The second-order valence-electron chi connectivity index (χ2n) is 7.74. The molecule has 3 rings (SSSR count). The van der Waals surface area contributed by atoms with Crippen molar-refractivity contribution in [3.05, 3.63) is 47.9 Å². The number of nitrogens with one attached hydrogen (secondary N) is 3. The molecule has 2 heterocycles. The van der Waals surface area contributed by atoms with E-state index in [4.69, 9.17) is 4.74 Å². The minimum Gasteiger partial charge on any atom is -0.497 e. The largest absolute Gasteiger partial charge is 0.497 e. The number of H-pyrrole nitrogens is 1. The van der Waals surface area contributed by atoms with E-state index in [0.717, 1.165) is 23.1 Å². The Labute approximate surface area is 176 Å². The Hall–Kier alpha value is -2.97. The second kappa shape index (κ2) is 9.69. The van der Waals surface area contributed by atoms with Gasteiger partial charge in [-0.05, 0) is 37.1 Å². The van der Waals surface area contributed by atoms with Crippen LogP contribution >= 0.6 is 0 Å². The molecule has 0 bridgehead atoms. The lowest BCUT2D eigenvalue weighted by Gasteiger charge is -2.17. The van der Waals surface area contributed by atoms with Gasteiger partial charge in [-0.2, -0.15) is 0 Å². The maximum atomic E-state index is 11.7. The van der Waals surface area contributed by atoms with Gasteiger partial charge in [-0.25, -0.2) is 9.97 Å². The third-order valence-electron chi connectivity index (χ3n) is 4.98. The molecule has 0 unspecified atom stereocenters. The Balaban J connectivity index is 1.54. The quantitative estimate of drug-likeness (QED) is 0.431. The lowest BCUT2D eigenvalue weighted by atomic mass is 10.1. The molecule has 1 aromatic carbocycles. The van der Waals surface area contributed by atoms with Gasteiger partial charge in [0.25, 0.3) is 0 Å². The Morgan fingerprint density at radius 1 is 1.23 bits per heavy atom. The number of hydrogen-bond donors (Lipinski definition) is 4. The number of nitrogens with zero attached hydrogens (tertiary/aromatic N) is 2. The molecular formula is C22H29N5O3. The van der Waals surface area contributed by atoms with E-state index in [1.807, 2.05) is 24.4 Å². The molecule has 8 nitrogen and oxygen atoms in total. The van der Waals surface area contributed by atoms with Gasteiger partial charge in [0.15, 0.2) is 0 Å². The minimum absolute atomic E-state index is 0.145. The van der Waals surface area contributed by atoms with Crippen molar-refractivity contribution in [1.82, 2.24) is 20.3 Å². The van der Waals surface area contributed by atoms with Crippen LogP contribution in [0.15, 0.2) is 36.8 Å². The number of ether oxygens (including phenoxy) is 1. The van der Waals surface area contributed by atoms with Crippen LogP contribution in [0.3, 0.4) is 0 Å². The zero-order valence-corrected chi connectivity index (χ0v) is 17.8. The number of rotatable bonds is 9. The molecule has 8 heteroatoms. The van der Waals surface area contributed by atoms with E-state index in [-0.39, 0.29) is 23.8 Å². The number of anilines is 1. The van der Waals surface area contributed by atoms with E-state index in [1.54, 1.807) is 21.0 Å². The first kappa shape index (κ1) is 21.7. The number of carbonyl (C=O) groups is 1. The summed E-state index contributed by atoms with van der Waals surface area (Å²) in [6.45, 7) is 6.04. The normalized spacial score (nSPS) is 13.4. The van der Waals surface area contributed by atoms with Gasteiger partial charge < -0.3 is 20.1 Å². The number of aliphatic hydroxyl groups excluding tert-OH is 1. The summed E-state index contributed by atoms with van der Waals surface area (Å²) in [5.41, 5.74) is 2.85. The molecular weight excluding hydrogens is 382 g/mol. The summed E-state index contributed by atoms with van der Waals surface area (Å²) in [7, 11) is 1.66. The Bertz CT molecular complexity index is 984. The third-order valence-corrected chi connectivity index (χ3v) is 4.98. The summed E-state index contributed by atoms with van der Waals surface area (Å²) in [6.07, 6.45) is 5.14. The fourth-order valence-corrected chi connectivity index (χ4v) is 3.12. The third kappa shape index (κ3) is 5.34. The number of benzene rings is 1. The standard InChI is InChI=1S/C22H29N5O3/c1-13(2)21(29)27-22-25-10-16(11-26-22)20(28)12-23-14(3)7-15-9-24-19-6-5-17(30-4)8-18(15)19/h5-6,8-11,13-14,20,23-24,28H,7,12H2,1-4H3,(H,25,26,27,29)/t14-,20+/m1/s1. The van der Waals surface area contributed by atoms with Gasteiger partial charge in [-0.1, -0.05) is 13.8 Å². The molecule has 2 aromatic heterocycles. The molecule has 0 saturated heterocycles. The van der Waals surface area contributed by atoms with E-state index in [2.05, 4.69) is 32.5 Å². The van der Waals surface area contributed by atoms with Crippen LogP contribution in [0.5, 0.6) is 5.75 Å². The van der Waals surface area contributed by atoms with E-state index in [9.17, 15) is 9.90 Å². The second-order valence-corrected chi connectivity index (χ2v) is 7.74. The zero-order chi connectivity index (χ0) is 21.7. The first-order valence-corrected chi connectivity index (χ1v) is 10.1. The molecule has 0 spiro atoms. The lowest BCUT2D eigenvalue weighted by molar-refractivity contribution is -0.118. The summed E-state index contributed by atoms with van der Waals surface area (Å²) < 4.78 is 5.32. The van der Waals surface area contributed by atoms with Crippen molar-refractivity contribution in [3.63, 3.8) is 0 Å². The van der Waals surface area contributed by atoms with E-state index in [0.29, 0.717) is 12.1 Å². The van der Waals surface area contributed by atoms with Crippen LogP contribution in [0.1, 0.15) is 38.0 Å². The van der Waals surface area contributed by atoms with Gasteiger partial charge in [0.2, 0.25) is 11.9 Å². The molecule has 0 aliphatic rings. The van der Waals surface area contributed by atoms with Crippen LogP contribution < -0.4 is 15.4 Å². The van der Waals surface area contributed by atoms with Crippen LogP contribution in [0.4, 0.5) is 5.95 Å². The molecule has 0 radical (unpaired) electrons. The number of carbonyl (C=O) groups excluding carboxylic acids is 1. The first-order chi connectivity index (χ1) is 14.4. The van der Waals surface area contributed by atoms with Gasteiger partial charge in [0.05, 0.1) is 13.2 Å². The van der Waals surface area contributed by atoms with Gasteiger partial charge in [0.1, 0.15) is 5.75 Å². The molecule has 0 fully saturated rings. The summed E-state index contributed by atoms with van der Waals surface area (Å²) in [5, 5.41) is 17.6. The van der Waals surface area contributed by atoms with E-state index < -0.39 is 6.10 Å². The molecule has 160 valence electrons. The van der Waals surface area contributed by atoms with Crippen molar-refractivity contribution in [3.8, 4) is 5.75 Å². The predicted molar refractivity (Wildman–Crippen MR) is 116 cm³/mol. The summed E-state index contributed by atoms with van der Waals surface area (Å²) in [6, 6.07) is 6.12. The van der Waals surface area contributed by atoms with Crippen molar-refractivity contribution in [2.75, 3.05) is 19.0 Å². The Morgan fingerprint density at radius 3 is 2.63 bits per heavy atom. The minimum atomic E-state index is -0.745. The molecule has 3 aromatic rings. The molecule has 0 saturated carbocycles. The summed E-state index contributed by atoms with van der Waals surface area (Å²) in [5.74, 6) is 0.768. The van der Waals surface area contributed by atoms with Crippen LogP contribution in [0.2, 0.25) is 0 Å². The van der Waals surface area contributed by atoms with Crippen LogP contribution in [-0.4, -0.2) is 45.7 Å². The average molecular weight is 412 g/mol. The Morgan fingerprint density at radius 2 is 1.97 bits per heavy atom. The van der Waals surface area contributed by atoms with Crippen LogP contribution in [0, 0.1) is 5.92 Å². The van der Waals surface area contributed by atoms with Gasteiger partial charge >= 0.3 is 0 Å². The zero-order valence-electron chi connectivity index (χ0n) is 17.8. The summed E-state index contributed by atoms with van der Waals surface area (Å²) in [4.78, 5) is 23.2. The molecule has 0 aliphatic heterocycles. The SMILES string of the molecule is COc1ccc2[nH]cc(C[C@@H](C)NC[C@H](O)c3cnc(NC(=O)C(C)C)nc3)c2c1. The van der Waals surface area contributed by atoms with Gasteiger partial charge in [-0.15, -0.1) is 0 Å². The van der Waals surface area contributed by atoms with Crippen molar-refractivity contribution in [2.24, 2.45) is 5.92 Å². The monoisotopic (exact) mass is 411 g/mol. The first-order valence-electron chi connectivity index (χ1n) is 10.1. The van der Waals surface area contributed by atoms with E-state index in [1.165, 1.54) is 18.0 Å². The highest BCUT2D eigenvalue weighted by atomic mass is 16.5. The van der Waals surface area contributed by atoms with E-state index >= 15 is 0 Å². The maximum absolute atomic E-state index is 11.7. The molecule has 30 heavy (non-hydrogen) atoms. The highest BCUT2D eigenvalue weighted by Crippen LogP contribution is 2.24. The smallest absolute Gasteiger partial charge is 0.229 e. The van der Waals surface area contributed by atoms with Crippen LogP contribution in [0.25, 0.3) is 10.9 Å². The maximum Gasteiger partial charge on any atom is 0.229 e. The van der Waals surface area contributed by atoms with Crippen molar-refractivity contribution >= 4 is 22.8 Å². The van der Waals surface area contributed by atoms with Crippen molar-refractivity contribution in [2.45, 2.75) is 39.3 Å². The number of fused-ring (bicyclic) bond motifs is 1. The number of hydrogen-bond acceptors (Lipinski definition) is 6. The Kier molecular flexibility index (Phi) is 7.02.